The highest BCUT2D eigenvalue weighted by Crippen LogP contribution is 2.16. The van der Waals surface area contributed by atoms with Crippen molar-refractivity contribution in [3.8, 4) is 0 Å². The SMILES string of the molecule is CC(=S)n1c(Br)nc(C(=O)O)c1C. The average Bonchev–Trinajstić information content (AvgIpc) is 2.26. The Balaban J connectivity index is 3.39. The molecule has 1 rings (SSSR count). The van der Waals surface area contributed by atoms with Gasteiger partial charge in [0.2, 0.25) is 0 Å². The van der Waals surface area contributed by atoms with Crippen molar-refractivity contribution in [2.24, 2.45) is 0 Å². The fraction of sp³-hybridized carbons (Fsp3) is 0.286. The molecule has 70 valence electrons. The van der Waals surface area contributed by atoms with Gasteiger partial charge in [-0.15, -0.1) is 0 Å². The van der Waals surface area contributed by atoms with Gasteiger partial charge in [0.1, 0.15) is 0 Å². The summed E-state index contributed by atoms with van der Waals surface area (Å²) in [5, 5.41) is 8.75. The lowest BCUT2D eigenvalue weighted by Gasteiger charge is -2.02. The summed E-state index contributed by atoms with van der Waals surface area (Å²) in [6.45, 7) is 3.37. The number of nitrogens with zero attached hydrogens (tertiary/aromatic N) is 2. The largest absolute Gasteiger partial charge is 0.476 e. The van der Waals surface area contributed by atoms with E-state index in [1.165, 1.54) is 0 Å². The van der Waals surface area contributed by atoms with E-state index >= 15 is 0 Å². The maximum Gasteiger partial charge on any atom is 0.356 e. The summed E-state index contributed by atoms with van der Waals surface area (Å²) in [4.78, 5) is 15.1. The maximum atomic E-state index is 10.7. The van der Waals surface area contributed by atoms with Crippen molar-refractivity contribution in [1.29, 1.82) is 0 Å². The van der Waals surface area contributed by atoms with Crippen molar-refractivity contribution in [3.05, 3.63) is 16.1 Å². The van der Waals surface area contributed by atoms with Crippen LogP contribution in [0.3, 0.4) is 0 Å². The molecule has 1 aromatic rings. The third-order valence-corrected chi connectivity index (χ3v) is 2.30. The number of aromatic nitrogens is 2. The van der Waals surface area contributed by atoms with Crippen LogP contribution < -0.4 is 0 Å². The van der Waals surface area contributed by atoms with Crippen molar-refractivity contribution in [2.75, 3.05) is 0 Å². The molecule has 0 saturated carbocycles. The van der Waals surface area contributed by atoms with Gasteiger partial charge in [0, 0.05) is 0 Å². The van der Waals surface area contributed by atoms with Gasteiger partial charge >= 0.3 is 5.97 Å². The van der Waals surface area contributed by atoms with Gasteiger partial charge in [-0.1, -0.05) is 12.2 Å². The van der Waals surface area contributed by atoms with Crippen LogP contribution in [0.25, 0.3) is 0 Å². The Bertz CT molecular complexity index is 386. The first-order valence-corrected chi connectivity index (χ1v) is 4.64. The van der Waals surface area contributed by atoms with E-state index in [1.54, 1.807) is 18.4 Å². The molecule has 0 aliphatic heterocycles. The lowest BCUT2D eigenvalue weighted by Crippen LogP contribution is -2.08. The molecule has 0 bridgehead atoms. The number of hydrogen-bond acceptors (Lipinski definition) is 3. The first-order valence-electron chi connectivity index (χ1n) is 3.44. The lowest BCUT2D eigenvalue weighted by atomic mass is 10.3. The highest BCUT2D eigenvalue weighted by Gasteiger charge is 2.17. The molecule has 1 aromatic heterocycles. The van der Waals surface area contributed by atoms with E-state index < -0.39 is 5.97 Å². The molecule has 0 saturated heterocycles. The van der Waals surface area contributed by atoms with E-state index in [0.29, 0.717) is 15.4 Å². The summed E-state index contributed by atoms with van der Waals surface area (Å²) in [5.41, 5.74) is 0.558. The lowest BCUT2D eigenvalue weighted by molar-refractivity contribution is 0.0690. The number of imidazole rings is 1. The molecule has 0 aliphatic rings. The number of carboxylic acids is 1. The van der Waals surface area contributed by atoms with Crippen molar-refractivity contribution in [1.82, 2.24) is 9.55 Å². The van der Waals surface area contributed by atoms with Crippen molar-refractivity contribution in [3.63, 3.8) is 0 Å². The van der Waals surface area contributed by atoms with E-state index in [-0.39, 0.29) is 5.69 Å². The quantitative estimate of drug-likeness (QED) is 0.785. The van der Waals surface area contributed by atoms with Crippen LogP contribution >= 0.6 is 28.1 Å². The number of rotatable bonds is 1. The Hall–Kier alpha value is -0.750. The summed E-state index contributed by atoms with van der Waals surface area (Å²) < 4.78 is 1.99. The molecular formula is C7H7BrN2O2S. The smallest absolute Gasteiger partial charge is 0.356 e. The minimum Gasteiger partial charge on any atom is -0.476 e. The third-order valence-electron chi connectivity index (χ3n) is 1.58. The van der Waals surface area contributed by atoms with Gasteiger partial charge in [-0.05, 0) is 29.8 Å². The molecule has 0 amide bonds. The molecule has 0 aromatic carbocycles. The highest BCUT2D eigenvalue weighted by atomic mass is 79.9. The normalized spacial score (nSPS) is 10.1. The molecule has 0 atom stereocenters. The van der Waals surface area contributed by atoms with Gasteiger partial charge in [-0.2, -0.15) is 0 Å². The van der Waals surface area contributed by atoms with Crippen LogP contribution in [0, 0.1) is 6.92 Å². The second kappa shape index (κ2) is 3.55. The predicted molar refractivity (Wildman–Crippen MR) is 55.3 cm³/mol. The fourth-order valence-electron chi connectivity index (χ4n) is 1.04. The number of carboxylic acid groups (broad SMARTS) is 1. The molecular weight excluding hydrogens is 256 g/mol. The molecule has 13 heavy (non-hydrogen) atoms. The first kappa shape index (κ1) is 10.3. The van der Waals surface area contributed by atoms with Gasteiger partial charge in [0.05, 0.1) is 10.7 Å². The Labute approximate surface area is 88.7 Å². The van der Waals surface area contributed by atoms with Crippen LogP contribution in [0.2, 0.25) is 0 Å². The fourth-order valence-corrected chi connectivity index (χ4v) is 2.09. The van der Waals surface area contributed by atoms with E-state index in [9.17, 15) is 4.79 Å². The monoisotopic (exact) mass is 262 g/mol. The number of halogens is 1. The number of carbonyl (C=O) groups is 1. The van der Waals surface area contributed by atoms with Crippen molar-refractivity contribution >= 4 is 39.1 Å². The third kappa shape index (κ3) is 1.78. The molecule has 1 heterocycles. The van der Waals surface area contributed by atoms with E-state index in [2.05, 4.69) is 20.9 Å². The second-order valence-corrected chi connectivity index (χ2v) is 3.77. The number of thiocarbonyl (C=S) groups is 1. The Kier molecular flexibility index (Phi) is 2.82. The minimum absolute atomic E-state index is 0.0241. The standard InChI is InChI=1S/C7H7BrN2O2S/c1-3-5(6(11)12)9-7(8)10(3)4(2)13/h1-2H3,(H,11,12). The second-order valence-electron chi connectivity index (χ2n) is 2.47. The van der Waals surface area contributed by atoms with Crippen molar-refractivity contribution < 1.29 is 9.90 Å². The first-order chi connectivity index (χ1) is 5.95. The Morgan fingerprint density at radius 2 is 2.23 bits per heavy atom. The van der Waals surface area contributed by atoms with Gasteiger partial charge in [-0.3, -0.25) is 4.57 Å². The molecule has 1 N–H and O–H groups in total. The zero-order valence-electron chi connectivity index (χ0n) is 7.04. The predicted octanol–water partition coefficient (Wildman–Crippen LogP) is 1.85. The average molecular weight is 263 g/mol. The number of aromatic carboxylic acids is 1. The zero-order chi connectivity index (χ0) is 10.2. The molecule has 4 nitrogen and oxygen atoms in total. The summed E-state index contributed by atoms with van der Waals surface area (Å²) in [6.07, 6.45) is 0. The highest BCUT2D eigenvalue weighted by molar-refractivity contribution is 9.10. The van der Waals surface area contributed by atoms with Crippen LogP contribution in [0.4, 0.5) is 0 Å². The molecule has 0 aliphatic carbocycles. The zero-order valence-corrected chi connectivity index (χ0v) is 9.44. The summed E-state index contributed by atoms with van der Waals surface area (Å²) in [7, 11) is 0. The van der Waals surface area contributed by atoms with Gasteiger partial charge < -0.3 is 5.11 Å². The summed E-state index contributed by atoms with van der Waals surface area (Å²) in [6, 6.07) is 0. The van der Waals surface area contributed by atoms with Gasteiger partial charge in [0.25, 0.3) is 0 Å². The van der Waals surface area contributed by atoms with Crippen LogP contribution in [-0.2, 0) is 0 Å². The molecule has 0 spiro atoms. The van der Waals surface area contributed by atoms with E-state index in [1.807, 2.05) is 0 Å². The molecule has 6 heteroatoms. The van der Waals surface area contributed by atoms with Crippen molar-refractivity contribution in [2.45, 2.75) is 13.8 Å². The van der Waals surface area contributed by atoms with Gasteiger partial charge in [0.15, 0.2) is 10.4 Å². The summed E-state index contributed by atoms with van der Waals surface area (Å²) >= 11 is 8.07. The number of hydrogen-bond donors (Lipinski definition) is 1. The van der Waals surface area contributed by atoms with Crippen LogP contribution in [0.5, 0.6) is 0 Å². The molecule has 0 radical (unpaired) electrons. The van der Waals surface area contributed by atoms with Crippen LogP contribution in [-0.4, -0.2) is 25.6 Å². The van der Waals surface area contributed by atoms with Gasteiger partial charge in [-0.25, -0.2) is 9.78 Å². The summed E-state index contributed by atoms with van der Waals surface area (Å²) in [5.74, 6) is -1.05. The minimum atomic E-state index is -1.05. The van der Waals surface area contributed by atoms with E-state index in [4.69, 9.17) is 17.3 Å². The molecule has 0 unspecified atom stereocenters. The molecule has 0 fully saturated rings. The van der Waals surface area contributed by atoms with Crippen LogP contribution in [0.15, 0.2) is 4.73 Å². The topological polar surface area (TPSA) is 55.1 Å². The van der Waals surface area contributed by atoms with Crippen LogP contribution in [0.1, 0.15) is 23.1 Å². The maximum absolute atomic E-state index is 10.7. The van der Waals surface area contributed by atoms with E-state index in [0.717, 1.165) is 0 Å². The Morgan fingerprint density at radius 1 is 1.69 bits per heavy atom. The Morgan fingerprint density at radius 3 is 2.46 bits per heavy atom.